The minimum atomic E-state index is 0. The first-order chi connectivity index (χ1) is 1.41. The number of hydrogen-bond donors (Lipinski definition) is 0. The Bertz CT molecular complexity index is 29.5. The van der Waals surface area contributed by atoms with E-state index in [2.05, 4.69) is 0 Å². The Morgan fingerprint density at radius 1 is 1.75 bits per heavy atom. The van der Waals surface area contributed by atoms with Gasteiger partial charge in [0.25, 0.3) is 0 Å². The van der Waals surface area contributed by atoms with E-state index in [0.29, 0.717) is 0 Å². The van der Waals surface area contributed by atoms with Crippen LogP contribution >= 0.6 is 0 Å². The van der Waals surface area contributed by atoms with Gasteiger partial charge < -0.3 is 0 Å². The van der Waals surface area contributed by atoms with Crippen LogP contribution in [0.2, 0.25) is 0 Å². The average molecular weight is 169 g/mol. The molecule has 0 unspecified atom stereocenters. The van der Waals surface area contributed by atoms with Crippen molar-refractivity contribution < 1.29 is 18.3 Å². The van der Waals surface area contributed by atoms with E-state index in [0.717, 1.165) is 0 Å². The molecule has 0 aromatic rings. The molecule has 0 bridgehead atoms. The van der Waals surface area contributed by atoms with Crippen LogP contribution in [-0.4, -0.2) is 51.4 Å². The van der Waals surface area contributed by atoms with Crippen LogP contribution < -0.4 is 0 Å². The van der Waals surface area contributed by atoms with Crippen molar-refractivity contribution in [1.29, 1.82) is 5.26 Å². The summed E-state index contributed by atoms with van der Waals surface area (Å²) in [6.45, 7) is 0. The monoisotopic (exact) mass is 169 g/mol. The van der Waals surface area contributed by atoms with Crippen LogP contribution in [0.15, 0.2) is 0 Å². The van der Waals surface area contributed by atoms with Gasteiger partial charge in [-0.1, -0.05) is 0 Å². The first kappa shape index (κ1) is 9.23. The number of nitrogens with zero attached hydrogens (tertiary/aromatic N) is 1. The van der Waals surface area contributed by atoms with Crippen LogP contribution in [0.5, 0.6) is 0 Å². The fourth-order valence-electron chi connectivity index (χ4n) is 0. The topological polar surface area (TPSA) is 23.8 Å². The molecule has 0 aliphatic heterocycles. The SMILES string of the molecule is N#[C][Rh].[KH]. The molecular weight excluding hydrogens is 168 g/mol. The molecule has 0 spiro atoms. The summed E-state index contributed by atoms with van der Waals surface area (Å²) in [5.41, 5.74) is 0. The molecule has 0 aromatic heterocycles. The second-order valence-corrected chi connectivity index (χ2v) is 0.441. The predicted molar refractivity (Wildman–Crippen MR) is 12.8 cm³/mol. The maximum atomic E-state index is 7.27. The van der Waals surface area contributed by atoms with Crippen molar-refractivity contribution in [3.8, 4) is 4.66 Å². The van der Waals surface area contributed by atoms with Crippen molar-refractivity contribution in [3.05, 3.63) is 0 Å². The van der Waals surface area contributed by atoms with Crippen molar-refractivity contribution in [1.82, 2.24) is 0 Å². The molecule has 3 heteroatoms. The molecule has 0 heterocycles. The number of nitriles is 1. The fourth-order valence-corrected chi connectivity index (χ4v) is 0. The quantitative estimate of drug-likeness (QED) is 0.443. The predicted octanol–water partition coefficient (Wildman–Crippen LogP) is -0.634. The Hall–Kier alpha value is 1.75. The summed E-state index contributed by atoms with van der Waals surface area (Å²) in [5, 5.41) is 7.27. The van der Waals surface area contributed by atoms with Gasteiger partial charge in [-0.05, 0) is 0 Å². The Kier molecular flexibility index (Phi) is 20.4. The van der Waals surface area contributed by atoms with Gasteiger partial charge in [0.1, 0.15) is 0 Å². The van der Waals surface area contributed by atoms with Gasteiger partial charge in [0, 0.05) is 0 Å². The molecule has 0 rings (SSSR count). The fraction of sp³-hybridized carbons (Fsp3) is 0. The van der Waals surface area contributed by atoms with Crippen molar-refractivity contribution in [2.75, 3.05) is 0 Å². The van der Waals surface area contributed by atoms with Crippen LogP contribution in [0.1, 0.15) is 0 Å². The molecule has 0 saturated heterocycles. The molecule has 1 nitrogen and oxygen atoms in total. The second-order valence-electron chi connectivity index (χ2n) is 0.0745. The summed E-state index contributed by atoms with van der Waals surface area (Å²) in [5.74, 6) is 0. The van der Waals surface area contributed by atoms with Crippen LogP contribution in [0.4, 0.5) is 0 Å². The first-order valence-electron chi connectivity index (χ1n) is 0.390. The minimum absolute atomic E-state index is 0. The van der Waals surface area contributed by atoms with E-state index in [4.69, 9.17) is 5.26 Å². The molecular formula is CHKNRh. The van der Waals surface area contributed by atoms with E-state index >= 15 is 0 Å². The zero-order valence-corrected chi connectivity index (χ0v) is 2.92. The molecule has 0 saturated carbocycles. The first-order valence-corrected chi connectivity index (χ1v) is 1.21. The second kappa shape index (κ2) is 8.83. The molecule has 0 radical (unpaired) electrons. The van der Waals surface area contributed by atoms with Gasteiger partial charge in [-0.2, -0.15) is 0 Å². The summed E-state index contributed by atoms with van der Waals surface area (Å²) in [4.78, 5) is 0. The standard InChI is InChI=1S/CN.K.Rh.H/c1-2;;;. The molecule has 4 heavy (non-hydrogen) atoms. The van der Waals surface area contributed by atoms with Gasteiger partial charge in [-0.15, -0.1) is 0 Å². The van der Waals surface area contributed by atoms with Gasteiger partial charge in [-0.3, -0.25) is 0 Å². The molecule has 0 fully saturated rings. The van der Waals surface area contributed by atoms with Crippen molar-refractivity contribution in [3.63, 3.8) is 0 Å². The average Bonchev–Trinajstić information content (AvgIpc) is 0.918. The van der Waals surface area contributed by atoms with E-state index in [1.807, 2.05) is 18.3 Å². The third kappa shape index (κ3) is 9.26. The Balaban J connectivity index is 0. The maximum absolute atomic E-state index is 7.27. The number of hydrogen-bond acceptors (Lipinski definition) is 1. The van der Waals surface area contributed by atoms with Crippen molar-refractivity contribution >= 4 is 51.4 Å². The van der Waals surface area contributed by atoms with Gasteiger partial charge in [-0.25, -0.2) is 0 Å². The summed E-state index contributed by atoms with van der Waals surface area (Å²) < 4.78 is 1.64. The molecule has 0 amide bonds. The van der Waals surface area contributed by atoms with Gasteiger partial charge >= 0.3 is 79.6 Å². The molecule has 0 atom stereocenters. The third-order valence-corrected chi connectivity index (χ3v) is 0. The summed E-state index contributed by atoms with van der Waals surface area (Å²) >= 11 is 2.03. The zero-order valence-electron chi connectivity index (χ0n) is 1.28. The summed E-state index contributed by atoms with van der Waals surface area (Å²) in [7, 11) is 0. The molecule has 20 valence electrons. The van der Waals surface area contributed by atoms with Gasteiger partial charge in [0.15, 0.2) is 0 Å². The van der Waals surface area contributed by atoms with Crippen LogP contribution in [0.25, 0.3) is 0 Å². The normalized spacial score (nSPS) is 2.25. The van der Waals surface area contributed by atoms with E-state index < -0.39 is 0 Å². The van der Waals surface area contributed by atoms with E-state index in [1.54, 1.807) is 4.66 Å². The Morgan fingerprint density at radius 3 is 1.75 bits per heavy atom. The Labute approximate surface area is 77.9 Å². The number of rotatable bonds is 0. The van der Waals surface area contributed by atoms with E-state index in [-0.39, 0.29) is 51.4 Å². The molecule has 0 aliphatic carbocycles. The van der Waals surface area contributed by atoms with Crippen molar-refractivity contribution in [2.24, 2.45) is 0 Å². The molecule has 0 N–H and O–H groups in total. The van der Waals surface area contributed by atoms with E-state index in [9.17, 15) is 0 Å². The van der Waals surface area contributed by atoms with Gasteiger partial charge in [0.05, 0.1) is 0 Å². The molecule has 0 aliphatic rings. The van der Waals surface area contributed by atoms with Crippen LogP contribution in [0, 0.1) is 9.93 Å². The Morgan fingerprint density at radius 2 is 1.75 bits per heavy atom. The third-order valence-electron chi connectivity index (χ3n) is 0. The summed E-state index contributed by atoms with van der Waals surface area (Å²) in [6.07, 6.45) is 0. The van der Waals surface area contributed by atoms with E-state index in [1.165, 1.54) is 0 Å². The van der Waals surface area contributed by atoms with Crippen molar-refractivity contribution in [2.45, 2.75) is 0 Å². The summed E-state index contributed by atoms with van der Waals surface area (Å²) in [6, 6.07) is 0. The van der Waals surface area contributed by atoms with Gasteiger partial charge in [0.2, 0.25) is 0 Å². The van der Waals surface area contributed by atoms with Crippen LogP contribution in [-0.2, 0) is 18.3 Å². The van der Waals surface area contributed by atoms with Crippen LogP contribution in [0.3, 0.4) is 0 Å². The molecule has 0 aromatic carbocycles. The zero-order chi connectivity index (χ0) is 2.71.